The van der Waals surface area contributed by atoms with Gasteiger partial charge in [-0.05, 0) is 37.0 Å². The van der Waals surface area contributed by atoms with Crippen LogP contribution in [0.4, 0.5) is 4.39 Å². The molecule has 0 bridgehead atoms. The highest BCUT2D eigenvalue weighted by Crippen LogP contribution is 2.27. The molecule has 3 nitrogen and oxygen atoms in total. The van der Waals surface area contributed by atoms with Crippen molar-refractivity contribution in [3.8, 4) is 5.75 Å². The van der Waals surface area contributed by atoms with Crippen LogP contribution in [0.2, 0.25) is 0 Å². The second kappa shape index (κ2) is 6.09. The fourth-order valence-electron chi connectivity index (χ4n) is 2.31. The van der Waals surface area contributed by atoms with Crippen molar-refractivity contribution in [3.63, 3.8) is 0 Å². The Hall–Kier alpha value is -0.810. The Balaban J connectivity index is 2.01. The molecule has 1 aliphatic rings. The fourth-order valence-corrected chi connectivity index (χ4v) is 3.07. The molecule has 1 aromatic carbocycles. The molecule has 1 aromatic rings. The van der Waals surface area contributed by atoms with Crippen LogP contribution in [0.5, 0.6) is 5.75 Å². The van der Waals surface area contributed by atoms with Crippen LogP contribution in [0.15, 0.2) is 23.1 Å². The molecule has 106 valence electrons. The van der Waals surface area contributed by atoms with E-state index in [1.165, 1.54) is 31.4 Å². The second-order valence-electron chi connectivity index (χ2n) is 4.85. The maximum atomic E-state index is 13.7. The van der Waals surface area contributed by atoms with E-state index in [9.17, 15) is 12.8 Å². The average molecular weight is 307 g/mol. The molecule has 1 aliphatic carbocycles. The molecule has 1 fully saturated rings. The summed E-state index contributed by atoms with van der Waals surface area (Å²) in [4.78, 5) is -0.253. The van der Waals surface area contributed by atoms with Crippen LogP contribution in [0.25, 0.3) is 0 Å². The van der Waals surface area contributed by atoms with Gasteiger partial charge in [0.15, 0.2) is 11.6 Å². The Morgan fingerprint density at radius 2 is 1.95 bits per heavy atom. The number of hydrogen-bond donors (Lipinski definition) is 0. The molecule has 19 heavy (non-hydrogen) atoms. The Kier molecular flexibility index (Phi) is 4.68. The van der Waals surface area contributed by atoms with Crippen LogP contribution in [0.3, 0.4) is 0 Å². The zero-order chi connectivity index (χ0) is 13.9. The molecule has 0 aromatic heterocycles. The zero-order valence-corrected chi connectivity index (χ0v) is 12.0. The van der Waals surface area contributed by atoms with Gasteiger partial charge in [0.25, 0.3) is 9.05 Å². The van der Waals surface area contributed by atoms with Crippen LogP contribution in [-0.2, 0) is 9.05 Å². The van der Waals surface area contributed by atoms with Gasteiger partial charge >= 0.3 is 0 Å². The van der Waals surface area contributed by atoms with Gasteiger partial charge < -0.3 is 4.74 Å². The summed E-state index contributed by atoms with van der Waals surface area (Å²) < 4.78 is 41.2. The summed E-state index contributed by atoms with van der Waals surface area (Å²) in [6.45, 7) is 0.476. The van der Waals surface area contributed by atoms with Crippen molar-refractivity contribution < 1.29 is 17.5 Å². The van der Waals surface area contributed by atoms with Crippen LogP contribution in [0, 0.1) is 11.7 Å². The van der Waals surface area contributed by atoms with Crippen LogP contribution in [-0.4, -0.2) is 15.0 Å². The molecular weight excluding hydrogens is 291 g/mol. The summed E-state index contributed by atoms with van der Waals surface area (Å²) in [6.07, 6.45) is 5.86. The minimum atomic E-state index is -3.90. The fraction of sp³-hybridized carbons (Fsp3) is 0.538. The predicted molar refractivity (Wildman–Crippen MR) is 71.5 cm³/mol. The molecule has 0 saturated heterocycles. The largest absolute Gasteiger partial charge is 0.490 e. The molecule has 0 spiro atoms. The van der Waals surface area contributed by atoms with E-state index in [0.717, 1.165) is 18.9 Å². The second-order valence-corrected chi connectivity index (χ2v) is 7.41. The first-order valence-electron chi connectivity index (χ1n) is 6.34. The topological polar surface area (TPSA) is 43.4 Å². The lowest BCUT2D eigenvalue weighted by atomic mass is 9.90. The van der Waals surface area contributed by atoms with E-state index < -0.39 is 14.9 Å². The molecular formula is C13H16ClFO3S. The van der Waals surface area contributed by atoms with Gasteiger partial charge in [0.1, 0.15) is 0 Å². The molecule has 0 atom stereocenters. The Labute approximate surface area is 117 Å². The first-order chi connectivity index (χ1) is 8.97. The van der Waals surface area contributed by atoms with E-state index in [4.69, 9.17) is 15.4 Å². The normalized spacial score (nSPS) is 17.4. The van der Waals surface area contributed by atoms with E-state index in [2.05, 4.69) is 0 Å². The van der Waals surface area contributed by atoms with Crippen LogP contribution < -0.4 is 4.74 Å². The van der Waals surface area contributed by atoms with E-state index in [0.29, 0.717) is 12.5 Å². The molecule has 0 unspecified atom stereocenters. The van der Waals surface area contributed by atoms with Gasteiger partial charge in [0.2, 0.25) is 0 Å². The van der Waals surface area contributed by atoms with Crippen molar-refractivity contribution in [2.45, 2.75) is 37.0 Å². The molecule has 1 saturated carbocycles. The van der Waals surface area contributed by atoms with Crippen molar-refractivity contribution >= 4 is 19.7 Å². The van der Waals surface area contributed by atoms with Crippen molar-refractivity contribution in [2.75, 3.05) is 6.61 Å². The van der Waals surface area contributed by atoms with Gasteiger partial charge in [-0.1, -0.05) is 19.3 Å². The zero-order valence-electron chi connectivity index (χ0n) is 10.4. The summed E-state index contributed by atoms with van der Waals surface area (Å²) >= 11 is 0. The molecule has 0 heterocycles. The quantitative estimate of drug-likeness (QED) is 0.796. The summed E-state index contributed by atoms with van der Waals surface area (Å²) in [7, 11) is 1.25. The number of ether oxygens (including phenoxy) is 1. The maximum Gasteiger partial charge on any atom is 0.261 e. The summed E-state index contributed by atoms with van der Waals surface area (Å²) in [5.74, 6) is -0.156. The highest BCUT2D eigenvalue weighted by Gasteiger charge is 2.17. The van der Waals surface area contributed by atoms with Gasteiger partial charge in [-0.15, -0.1) is 0 Å². The Bertz CT molecular complexity index is 539. The van der Waals surface area contributed by atoms with Crippen molar-refractivity contribution in [1.82, 2.24) is 0 Å². The molecule has 0 amide bonds. The average Bonchev–Trinajstić information content (AvgIpc) is 2.37. The number of halogens is 2. The van der Waals surface area contributed by atoms with Gasteiger partial charge in [0, 0.05) is 10.7 Å². The lowest BCUT2D eigenvalue weighted by Gasteiger charge is -2.21. The van der Waals surface area contributed by atoms with E-state index in [1.807, 2.05) is 0 Å². The highest BCUT2D eigenvalue weighted by molar-refractivity contribution is 8.13. The third-order valence-corrected chi connectivity index (χ3v) is 4.74. The van der Waals surface area contributed by atoms with Gasteiger partial charge in [0.05, 0.1) is 11.5 Å². The first-order valence-corrected chi connectivity index (χ1v) is 8.65. The third-order valence-electron chi connectivity index (χ3n) is 3.38. The monoisotopic (exact) mass is 306 g/mol. The smallest absolute Gasteiger partial charge is 0.261 e. The van der Waals surface area contributed by atoms with Crippen molar-refractivity contribution in [2.24, 2.45) is 5.92 Å². The molecule has 6 heteroatoms. The van der Waals surface area contributed by atoms with E-state index in [-0.39, 0.29) is 10.6 Å². The molecule has 0 radical (unpaired) electrons. The molecule has 0 aliphatic heterocycles. The van der Waals surface area contributed by atoms with Crippen LogP contribution >= 0.6 is 10.7 Å². The van der Waals surface area contributed by atoms with E-state index in [1.54, 1.807) is 0 Å². The van der Waals surface area contributed by atoms with Crippen molar-refractivity contribution in [1.29, 1.82) is 0 Å². The predicted octanol–water partition coefficient (Wildman–Crippen LogP) is 3.71. The highest BCUT2D eigenvalue weighted by atomic mass is 35.7. The molecule has 0 N–H and O–H groups in total. The maximum absolute atomic E-state index is 13.7. The third kappa shape index (κ3) is 4.08. The lowest BCUT2D eigenvalue weighted by molar-refractivity contribution is 0.202. The van der Waals surface area contributed by atoms with E-state index >= 15 is 0 Å². The number of hydrogen-bond acceptors (Lipinski definition) is 3. The SMILES string of the molecule is O=S(=O)(Cl)c1ccc(OCC2CCCCC2)c(F)c1. The van der Waals surface area contributed by atoms with Gasteiger partial charge in [-0.25, -0.2) is 12.8 Å². The Morgan fingerprint density at radius 3 is 2.53 bits per heavy atom. The van der Waals surface area contributed by atoms with Gasteiger partial charge in [-0.2, -0.15) is 0 Å². The molecule has 2 rings (SSSR count). The number of rotatable bonds is 4. The number of benzene rings is 1. The minimum absolute atomic E-state index is 0.0784. The van der Waals surface area contributed by atoms with Crippen LogP contribution in [0.1, 0.15) is 32.1 Å². The first kappa shape index (κ1) is 14.6. The Morgan fingerprint density at radius 1 is 1.26 bits per heavy atom. The summed E-state index contributed by atoms with van der Waals surface area (Å²) in [5.41, 5.74) is 0. The summed E-state index contributed by atoms with van der Waals surface area (Å²) in [6, 6.07) is 3.45. The van der Waals surface area contributed by atoms with Gasteiger partial charge in [-0.3, -0.25) is 0 Å². The lowest BCUT2D eigenvalue weighted by Crippen LogP contribution is -2.15. The standard InChI is InChI=1S/C13H16ClFO3S/c14-19(16,17)11-6-7-13(12(15)8-11)18-9-10-4-2-1-3-5-10/h6-8,10H,1-5,9H2. The summed E-state index contributed by atoms with van der Waals surface area (Å²) in [5, 5.41) is 0. The van der Waals surface area contributed by atoms with Crippen molar-refractivity contribution in [3.05, 3.63) is 24.0 Å². The minimum Gasteiger partial charge on any atom is -0.490 e.